The predicted molar refractivity (Wildman–Crippen MR) is 146 cm³/mol. The minimum absolute atomic E-state index is 0.0524. The van der Waals surface area contributed by atoms with E-state index in [0.717, 1.165) is 24.0 Å². The molecule has 36 heavy (non-hydrogen) atoms. The van der Waals surface area contributed by atoms with Crippen molar-refractivity contribution in [2.45, 2.75) is 39.7 Å². The van der Waals surface area contributed by atoms with E-state index in [1.807, 2.05) is 48.2 Å². The van der Waals surface area contributed by atoms with Gasteiger partial charge in [-0.15, -0.1) is 11.3 Å². The van der Waals surface area contributed by atoms with Gasteiger partial charge in [0, 0.05) is 28.6 Å². The minimum atomic E-state index is -0.205. The molecule has 0 N–H and O–H groups in total. The number of thiophene rings is 1. The maximum Gasteiger partial charge on any atom is 0.254 e. The van der Waals surface area contributed by atoms with E-state index in [4.69, 9.17) is 16.3 Å². The van der Waals surface area contributed by atoms with E-state index in [1.165, 1.54) is 4.88 Å². The van der Waals surface area contributed by atoms with Gasteiger partial charge in [0.15, 0.2) is 0 Å². The van der Waals surface area contributed by atoms with Crippen LogP contribution in [0.15, 0.2) is 60.0 Å². The van der Waals surface area contributed by atoms with E-state index in [0.29, 0.717) is 41.9 Å². The Morgan fingerprint density at radius 3 is 2.61 bits per heavy atom. The Hall–Kier alpha value is -2.83. The molecule has 0 radical (unpaired) electrons. The Kier molecular flexibility index (Phi) is 8.70. The van der Waals surface area contributed by atoms with Crippen LogP contribution in [-0.2, 0) is 11.2 Å². The SMILES string of the molecule is Cc1ccccc1C(=O)N(CCC(C)C)CC(=O)N1CCc2sccc2[C@H]1COc1ccc(Cl)cc1. The molecule has 0 aliphatic carbocycles. The number of carbonyl (C=O) groups excluding carboxylic acids is 2. The third-order valence-corrected chi connectivity index (χ3v) is 7.85. The van der Waals surface area contributed by atoms with Crippen molar-refractivity contribution in [1.82, 2.24) is 9.80 Å². The Bertz CT molecular complexity index is 1190. The molecule has 4 rings (SSSR count). The van der Waals surface area contributed by atoms with Crippen molar-refractivity contribution in [1.29, 1.82) is 0 Å². The molecule has 0 fully saturated rings. The molecule has 0 saturated heterocycles. The molecule has 190 valence electrons. The Morgan fingerprint density at radius 2 is 1.89 bits per heavy atom. The highest BCUT2D eigenvalue weighted by molar-refractivity contribution is 7.10. The van der Waals surface area contributed by atoms with Gasteiger partial charge in [-0.2, -0.15) is 0 Å². The number of aryl methyl sites for hydroxylation is 1. The van der Waals surface area contributed by atoms with Crippen molar-refractivity contribution >= 4 is 34.8 Å². The number of halogens is 1. The van der Waals surface area contributed by atoms with E-state index < -0.39 is 0 Å². The van der Waals surface area contributed by atoms with Gasteiger partial charge in [-0.1, -0.05) is 43.6 Å². The molecule has 1 aliphatic heterocycles. The van der Waals surface area contributed by atoms with Crippen LogP contribution in [0.25, 0.3) is 0 Å². The number of hydrogen-bond donors (Lipinski definition) is 0. The third-order valence-electron chi connectivity index (χ3n) is 6.60. The molecule has 5 nitrogen and oxygen atoms in total. The molecule has 2 amide bonds. The summed E-state index contributed by atoms with van der Waals surface area (Å²) >= 11 is 7.73. The molecule has 0 unspecified atom stereocenters. The summed E-state index contributed by atoms with van der Waals surface area (Å²) < 4.78 is 6.10. The van der Waals surface area contributed by atoms with Crippen LogP contribution in [-0.4, -0.2) is 47.9 Å². The summed E-state index contributed by atoms with van der Waals surface area (Å²) in [7, 11) is 0. The topological polar surface area (TPSA) is 49.9 Å². The maximum atomic E-state index is 13.7. The first-order valence-corrected chi connectivity index (χ1v) is 13.7. The number of benzene rings is 2. The first-order valence-electron chi connectivity index (χ1n) is 12.4. The van der Waals surface area contributed by atoms with E-state index >= 15 is 0 Å². The summed E-state index contributed by atoms with van der Waals surface area (Å²) in [5.74, 6) is 0.991. The fourth-order valence-corrected chi connectivity index (χ4v) is 5.54. The maximum absolute atomic E-state index is 13.7. The van der Waals surface area contributed by atoms with Crippen LogP contribution >= 0.6 is 22.9 Å². The Morgan fingerprint density at radius 1 is 1.14 bits per heavy atom. The van der Waals surface area contributed by atoms with E-state index in [9.17, 15) is 9.59 Å². The lowest BCUT2D eigenvalue weighted by molar-refractivity contribution is -0.135. The average Bonchev–Trinajstić information content (AvgIpc) is 3.35. The van der Waals surface area contributed by atoms with Gasteiger partial charge in [0.05, 0.1) is 6.04 Å². The molecule has 1 aliphatic rings. The van der Waals surface area contributed by atoms with Crippen molar-refractivity contribution in [3.05, 3.63) is 86.6 Å². The van der Waals surface area contributed by atoms with Crippen LogP contribution in [0, 0.1) is 12.8 Å². The van der Waals surface area contributed by atoms with Crippen molar-refractivity contribution in [2.75, 3.05) is 26.2 Å². The largest absolute Gasteiger partial charge is 0.491 e. The van der Waals surface area contributed by atoms with Gasteiger partial charge in [0.1, 0.15) is 18.9 Å². The Labute approximate surface area is 222 Å². The van der Waals surface area contributed by atoms with Crippen LogP contribution < -0.4 is 4.74 Å². The number of fused-ring (bicyclic) bond motifs is 1. The highest BCUT2D eigenvalue weighted by atomic mass is 35.5. The molecular weight excluding hydrogens is 492 g/mol. The van der Waals surface area contributed by atoms with E-state index in [2.05, 4.69) is 25.3 Å². The highest BCUT2D eigenvalue weighted by Crippen LogP contribution is 2.34. The minimum Gasteiger partial charge on any atom is -0.491 e. The first-order chi connectivity index (χ1) is 17.3. The fraction of sp³-hybridized carbons (Fsp3) is 0.379. The quantitative estimate of drug-likeness (QED) is 0.325. The number of amides is 2. The number of nitrogens with zero attached hydrogens (tertiary/aromatic N) is 2. The fourth-order valence-electron chi connectivity index (χ4n) is 4.48. The summed E-state index contributed by atoms with van der Waals surface area (Å²) in [6, 6.07) is 16.7. The predicted octanol–water partition coefficient (Wildman–Crippen LogP) is 6.40. The van der Waals surface area contributed by atoms with Gasteiger partial charge in [-0.05, 0) is 78.6 Å². The van der Waals surface area contributed by atoms with Gasteiger partial charge in [-0.3, -0.25) is 9.59 Å². The molecule has 3 aromatic rings. The van der Waals surface area contributed by atoms with Gasteiger partial charge >= 0.3 is 0 Å². The number of carbonyl (C=O) groups is 2. The van der Waals surface area contributed by atoms with Crippen LogP contribution in [0.4, 0.5) is 0 Å². The average molecular weight is 525 g/mol. The number of ether oxygens (including phenoxy) is 1. The summed E-state index contributed by atoms with van der Waals surface area (Å²) in [5.41, 5.74) is 2.70. The van der Waals surface area contributed by atoms with Crippen LogP contribution in [0.2, 0.25) is 5.02 Å². The summed E-state index contributed by atoms with van der Waals surface area (Å²) in [6.07, 6.45) is 1.65. The molecule has 2 aromatic carbocycles. The zero-order valence-electron chi connectivity index (χ0n) is 21.1. The second-order valence-corrected chi connectivity index (χ2v) is 11.1. The van der Waals surface area contributed by atoms with Gasteiger partial charge in [0.25, 0.3) is 5.91 Å². The second-order valence-electron chi connectivity index (χ2n) is 9.64. The van der Waals surface area contributed by atoms with E-state index in [-0.39, 0.29) is 24.4 Å². The lowest BCUT2D eigenvalue weighted by atomic mass is 10.00. The molecule has 1 aromatic heterocycles. The number of rotatable bonds is 9. The molecule has 7 heteroatoms. The third kappa shape index (κ3) is 6.29. The van der Waals surface area contributed by atoms with Gasteiger partial charge in [-0.25, -0.2) is 0 Å². The van der Waals surface area contributed by atoms with Crippen LogP contribution in [0.3, 0.4) is 0 Å². The monoisotopic (exact) mass is 524 g/mol. The van der Waals surface area contributed by atoms with Crippen molar-refractivity contribution < 1.29 is 14.3 Å². The zero-order chi connectivity index (χ0) is 25.7. The van der Waals surface area contributed by atoms with Crippen LogP contribution in [0.5, 0.6) is 5.75 Å². The Balaban J connectivity index is 1.54. The number of hydrogen-bond acceptors (Lipinski definition) is 4. The van der Waals surface area contributed by atoms with Gasteiger partial charge in [0.2, 0.25) is 5.91 Å². The summed E-state index contributed by atoms with van der Waals surface area (Å²) in [5, 5.41) is 2.72. The smallest absolute Gasteiger partial charge is 0.254 e. The molecule has 2 heterocycles. The highest BCUT2D eigenvalue weighted by Gasteiger charge is 2.33. The van der Waals surface area contributed by atoms with E-state index in [1.54, 1.807) is 28.4 Å². The standard InChI is InChI=1S/C29H33ClN2O3S/c1-20(2)12-15-31(29(34)24-7-5-4-6-21(24)3)18-28(33)32-16-13-27-25(14-17-36-27)26(32)19-35-23-10-8-22(30)9-11-23/h4-11,14,17,20,26H,12-13,15-16,18-19H2,1-3H3/t26-/m1/s1. The summed E-state index contributed by atoms with van der Waals surface area (Å²) in [6.45, 7) is 7.74. The molecule has 1 atom stereocenters. The molecule has 0 bridgehead atoms. The second kappa shape index (κ2) is 11.9. The summed E-state index contributed by atoms with van der Waals surface area (Å²) in [4.78, 5) is 32.1. The molecular formula is C29H33ClN2O3S. The van der Waals surface area contributed by atoms with Crippen molar-refractivity contribution in [3.8, 4) is 5.75 Å². The lowest BCUT2D eigenvalue weighted by Gasteiger charge is -2.37. The molecule has 0 spiro atoms. The zero-order valence-corrected chi connectivity index (χ0v) is 22.6. The normalized spacial score (nSPS) is 15.0. The van der Waals surface area contributed by atoms with Crippen LogP contribution in [0.1, 0.15) is 52.7 Å². The first kappa shape index (κ1) is 26.2. The lowest BCUT2D eigenvalue weighted by Crippen LogP contribution is -2.48. The molecule has 0 saturated carbocycles. The van der Waals surface area contributed by atoms with Crippen molar-refractivity contribution in [2.24, 2.45) is 5.92 Å². The van der Waals surface area contributed by atoms with Crippen molar-refractivity contribution in [3.63, 3.8) is 0 Å². The van der Waals surface area contributed by atoms with Gasteiger partial charge < -0.3 is 14.5 Å².